The highest BCUT2D eigenvalue weighted by molar-refractivity contribution is 5.74. The Hall–Kier alpha value is -0.610. The summed E-state index contributed by atoms with van der Waals surface area (Å²) < 4.78 is 5.08. The maximum absolute atomic E-state index is 11.1. The predicted octanol–water partition coefficient (Wildman–Crippen LogP) is 0.182. The second-order valence-corrected chi connectivity index (χ2v) is 3.45. The van der Waals surface area contributed by atoms with E-state index in [9.17, 15) is 4.79 Å². The maximum Gasteiger partial charge on any atom is 0.336 e. The molecule has 0 spiro atoms. The van der Waals surface area contributed by atoms with Gasteiger partial charge in [0.2, 0.25) is 0 Å². The summed E-state index contributed by atoms with van der Waals surface area (Å²) in [6, 6.07) is 0. The van der Waals surface area contributed by atoms with Gasteiger partial charge in [-0.2, -0.15) is 0 Å². The highest BCUT2D eigenvalue weighted by Gasteiger charge is 2.21. The van der Waals surface area contributed by atoms with Gasteiger partial charge in [-0.25, -0.2) is 4.79 Å². The Bertz CT molecular complexity index is 166. The molecule has 0 heterocycles. The lowest BCUT2D eigenvalue weighted by atomic mass is 9.98. The average molecular weight is 187 g/mol. The summed E-state index contributed by atoms with van der Waals surface area (Å²) >= 11 is 0. The van der Waals surface area contributed by atoms with Gasteiger partial charge in [-0.1, -0.05) is 6.42 Å². The van der Waals surface area contributed by atoms with Crippen molar-refractivity contribution >= 4 is 5.97 Å². The van der Waals surface area contributed by atoms with Crippen LogP contribution in [0.5, 0.6) is 0 Å². The summed E-state index contributed by atoms with van der Waals surface area (Å²) in [5, 5.41) is 9.06. The molecule has 4 nitrogen and oxygen atoms in total. The van der Waals surface area contributed by atoms with Crippen molar-refractivity contribution in [3.05, 3.63) is 0 Å². The van der Waals surface area contributed by atoms with Crippen molar-refractivity contribution in [2.75, 3.05) is 6.54 Å². The van der Waals surface area contributed by atoms with Gasteiger partial charge in [-0.05, 0) is 25.7 Å². The number of ether oxygens (including phenoxy) is 1. The first-order valence-corrected chi connectivity index (χ1v) is 4.82. The van der Waals surface area contributed by atoms with Gasteiger partial charge in [0.25, 0.3) is 0 Å². The third-order valence-electron chi connectivity index (χ3n) is 2.33. The van der Waals surface area contributed by atoms with E-state index in [0.717, 1.165) is 25.7 Å². The van der Waals surface area contributed by atoms with E-state index < -0.39 is 12.1 Å². The molecule has 0 radical (unpaired) electrons. The molecule has 0 aromatic carbocycles. The molecule has 13 heavy (non-hydrogen) atoms. The van der Waals surface area contributed by atoms with Crippen LogP contribution in [-0.2, 0) is 9.53 Å². The van der Waals surface area contributed by atoms with Gasteiger partial charge in [-0.3, -0.25) is 0 Å². The maximum atomic E-state index is 11.1. The molecule has 0 amide bonds. The molecule has 1 aliphatic rings. The Morgan fingerprint density at radius 3 is 2.62 bits per heavy atom. The normalized spacial score (nSPS) is 21.1. The molecule has 1 fully saturated rings. The van der Waals surface area contributed by atoms with Crippen LogP contribution in [0.4, 0.5) is 0 Å². The van der Waals surface area contributed by atoms with Crippen LogP contribution in [-0.4, -0.2) is 29.8 Å². The Morgan fingerprint density at radius 2 is 2.08 bits per heavy atom. The number of hydrogen-bond donors (Lipinski definition) is 2. The van der Waals surface area contributed by atoms with E-state index in [1.807, 2.05) is 0 Å². The van der Waals surface area contributed by atoms with Crippen molar-refractivity contribution in [3.63, 3.8) is 0 Å². The summed E-state index contributed by atoms with van der Waals surface area (Å²) in [6.45, 7) is -0.0639. The van der Waals surface area contributed by atoms with Crippen LogP contribution in [0.25, 0.3) is 0 Å². The molecule has 0 bridgehead atoms. The van der Waals surface area contributed by atoms with E-state index >= 15 is 0 Å². The van der Waals surface area contributed by atoms with E-state index in [1.165, 1.54) is 6.42 Å². The van der Waals surface area contributed by atoms with Crippen molar-refractivity contribution < 1.29 is 14.6 Å². The average Bonchev–Trinajstić information content (AvgIpc) is 2.18. The molecule has 0 aliphatic heterocycles. The fraction of sp³-hybridized carbons (Fsp3) is 0.889. The summed E-state index contributed by atoms with van der Waals surface area (Å²) in [4.78, 5) is 11.1. The van der Waals surface area contributed by atoms with Gasteiger partial charge in [0.05, 0.1) is 0 Å². The molecular weight excluding hydrogens is 170 g/mol. The van der Waals surface area contributed by atoms with Crippen molar-refractivity contribution in [3.8, 4) is 0 Å². The first-order chi connectivity index (χ1) is 6.24. The van der Waals surface area contributed by atoms with Gasteiger partial charge < -0.3 is 15.6 Å². The molecule has 1 rings (SSSR count). The van der Waals surface area contributed by atoms with Gasteiger partial charge in [0, 0.05) is 6.54 Å². The monoisotopic (exact) mass is 187 g/mol. The second kappa shape index (κ2) is 5.19. The number of rotatable bonds is 3. The fourth-order valence-electron chi connectivity index (χ4n) is 1.52. The zero-order chi connectivity index (χ0) is 9.68. The standard InChI is InChI=1S/C9H17NO3/c10-6-8(11)9(12)13-7-4-2-1-3-5-7/h7-8,11H,1-6,10H2. The van der Waals surface area contributed by atoms with Crippen LogP contribution in [0.2, 0.25) is 0 Å². The first kappa shape index (κ1) is 10.5. The van der Waals surface area contributed by atoms with Crippen molar-refractivity contribution in [1.82, 2.24) is 0 Å². The first-order valence-electron chi connectivity index (χ1n) is 4.82. The van der Waals surface area contributed by atoms with Crippen LogP contribution in [0.1, 0.15) is 32.1 Å². The number of nitrogens with two attached hydrogens (primary N) is 1. The Kier molecular flexibility index (Phi) is 4.18. The third-order valence-corrected chi connectivity index (χ3v) is 2.33. The van der Waals surface area contributed by atoms with E-state index in [0.29, 0.717) is 0 Å². The largest absolute Gasteiger partial charge is 0.460 e. The fourth-order valence-corrected chi connectivity index (χ4v) is 1.52. The van der Waals surface area contributed by atoms with Crippen molar-refractivity contribution in [1.29, 1.82) is 0 Å². The summed E-state index contributed by atoms with van der Waals surface area (Å²) in [5.74, 6) is -0.575. The minimum Gasteiger partial charge on any atom is -0.460 e. The molecular formula is C9H17NO3. The highest BCUT2D eigenvalue weighted by Crippen LogP contribution is 2.20. The summed E-state index contributed by atoms with van der Waals surface area (Å²) in [5.41, 5.74) is 5.13. The van der Waals surface area contributed by atoms with E-state index in [-0.39, 0.29) is 12.6 Å². The topological polar surface area (TPSA) is 72.5 Å². The zero-order valence-electron chi connectivity index (χ0n) is 7.74. The molecule has 1 atom stereocenters. The van der Waals surface area contributed by atoms with Crippen molar-refractivity contribution in [2.45, 2.75) is 44.3 Å². The second-order valence-electron chi connectivity index (χ2n) is 3.45. The molecule has 1 aliphatic carbocycles. The van der Waals surface area contributed by atoms with E-state index in [2.05, 4.69) is 0 Å². The number of esters is 1. The van der Waals surface area contributed by atoms with E-state index in [4.69, 9.17) is 15.6 Å². The third kappa shape index (κ3) is 3.32. The highest BCUT2D eigenvalue weighted by atomic mass is 16.6. The molecule has 1 unspecified atom stereocenters. The lowest BCUT2D eigenvalue weighted by Gasteiger charge is -2.22. The zero-order valence-corrected chi connectivity index (χ0v) is 7.74. The number of carbonyl (C=O) groups is 1. The SMILES string of the molecule is NCC(O)C(=O)OC1CCCCC1. The molecule has 0 saturated heterocycles. The van der Waals surface area contributed by atoms with Gasteiger partial charge in [0.15, 0.2) is 6.10 Å². The van der Waals surface area contributed by atoms with Gasteiger partial charge in [-0.15, -0.1) is 0 Å². The number of aliphatic hydroxyl groups excluding tert-OH is 1. The molecule has 4 heteroatoms. The van der Waals surface area contributed by atoms with E-state index in [1.54, 1.807) is 0 Å². The van der Waals surface area contributed by atoms with Gasteiger partial charge >= 0.3 is 5.97 Å². The van der Waals surface area contributed by atoms with Gasteiger partial charge in [0.1, 0.15) is 6.10 Å². The van der Waals surface area contributed by atoms with Crippen molar-refractivity contribution in [2.24, 2.45) is 5.73 Å². The number of carbonyl (C=O) groups excluding carboxylic acids is 1. The van der Waals surface area contributed by atoms with Crippen LogP contribution >= 0.6 is 0 Å². The van der Waals surface area contributed by atoms with Crippen LogP contribution < -0.4 is 5.73 Å². The molecule has 0 aromatic rings. The number of hydrogen-bond acceptors (Lipinski definition) is 4. The minimum atomic E-state index is -1.15. The number of aliphatic hydroxyl groups is 1. The molecule has 1 saturated carbocycles. The molecule has 3 N–H and O–H groups in total. The Morgan fingerprint density at radius 1 is 1.46 bits per heavy atom. The molecule has 76 valence electrons. The predicted molar refractivity (Wildman–Crippen MR) is 48.0 cm³/mol. The lowest BCUT2D eigenvalue weighted by Crippen LogP contribution is -2.34. The van der Waals surface area contributed by atoms with Crippen LogP contribution in [0.3, 0.4) is 0 Å². The minimum absolute atomic E-state index is 0.00227. The molecule has 0 aromatic heterocycles. The summed E-state index contributed by atoms with van der Waals surface area (Å²) in [7, 11) is 0. The summed E-state index contributed by atoms with van der Waals surface area (Å²) in [6.07, 6.45) is 4.12. The van der Waals surface area contributed by atoms with Crippen LogP contribution in [0.15, 0.2) is 0 Å². The Balaban J connectivity index is 2.26. The lowest BCUT2D eigenvalue weighted by molar-refractivity contribution is -0.159. The quantitative estimate of drug-likeness (QED) is 0.618. The smallest absolute Gasteiger partial charge is 0.336 e. The van der Waals surface area contributed by atoms with Crippen LogP contribution in [0, 0.1) is 0 Å². The Labute approximate surface area is 78.1 Å².